The Morgan fingerprint density at radius 3 is 2.81 bits per heavy atom. The average Bonchev–Trinajstić information content (AvgIpc) is 2.89. The highest BCUT2D eigenvalue weighted by molar-refractivity contribution is 7.15. The molecule has 1 N–H and O–H groups in total. The Balaban J connectivity index is 1.98. The largest absolute Gasteiger partial charge is 0.316 e. The van der Waals surface area contributed by atoms with Gasteiger partial charge in [-0.05, 0) is 37.9 Å². The van der Waals surface area contributed by atoms with Gasteiger partial charge < -0.3 is 5.32 Å². The predicted octanol–water partition coefficient (Wildman–Crippen LogP) is 4.12. The Labute approximate surface area is 127 Å². The van der Waals surface area contributed by atoms with Crippen molar-refractivity contribution in [2.75, 3.05) is 13.1 Å². The molecule has 1 heterocycles. The Hall–Kier alpha value is -1.33. The minimum Gasteiger partial charge on any atom is -0.316 e. The van der Waals surface area contributed by atoms with Crippen molar-refractivity contribution in [2.45, 2.75) is 32.1 Å². The van der Waals surface area contributed by atoms with E-state index in [1.165, 1.54) is 34.4 Å². The van der Waals surface area contributed by atoms with E-state index in [-0.39, 0.29) is 5.56 Å². The number of rotatable bonds is 4. The van der Waals surface area contributed by atoms with Crippen molar-refractivity contribution in [2.24, 2.45) is 0 Å². The number of nitrogens with zero attached hydrogens (tertiary/aromatic N) is 1. The second-order valence-corrected chi connectivity index (χ2v) is 6.40. The lowest BCUT2D eigenvalue weighted by Crippen LogP contribution is -2.23. The third-order valence-electron chi connectivity index (χ3n) is 3.89. The highest BCUT2D eigenvalue weighted by Crippen LogP contribution is 2.39. The van der Waals surface area contributed by atoms with Crippen LogP contribution in [0.4, 0.5) is 8.78 Å². The first-order valence-electron chi connectivity index (χ1n) is 7.35. The van der Waals surface area contributed by atoms with Crippen LogP contribution in [0.2, 0.25) is 0 Å². The van der Waals surface area contributed by atoms with E-state index in [1.807, 2.05) is 0 Å². The van der Waals surface area contributed by atoms with Gasteiger partial charge >= 0.3 is 0 Å². The molecule has 0 bridgehead atoms. The maximum atomic E-state index is 13.9. The fourth-order valence-corrected chi connectivity index (χ4v) is 4.07. The molecule has 2 nitrogen and oxygen atoms in total. The average molecular weight is 308 g/mol. The van der Waals surface area contributed by atoms with Gasteiger partial charge in [-0.1, -0.05) is 13.0 Å². The number of hydrogen-bond acceptors (Lipinski definition) is 3. The zero-order valence-corrected chi connectivity index (χ0v) is 12.8. The Kier molecular flexibility index (Phi) is 4.31. The summed E-state index contributed by atoms with van der Waals surface area (Å²) in [6, 6.07) is 3.96. The highest BCUT2D eigenvalue weighted by Gasteiger charge is 2.26. The summed E-state index contributed by atoms with van der Waals surface area (Å²) in [6.45, 7) is 3.88. The van der Waals surface area contributed by atoms with Gasteiger partial charge in [0.25, 0.3) is 0 Å². The summed E-state index contributed by atoms with van der Waals surface area (Å²) in [6.07, 6.45) is 3.17. The zero-order valence-electron chi connectivity index (χ0n) is 12.0. The van der Waals surface area contributed by atoms with Gasteiger partial charge in [0.15, 0.2) is 0 Å². The van der Waals surface area contributed by atoms with Gasteiger partial charge in [0.05, 0.1) is 11.3 Å². The molecule has 112 valence electrons. The van der Waals surface area contributed by atoms with Crippen molar-refractivity contribution in [3.8, 4) is 10.6 Å². The first kappa shape index (κ1) is 14.6. The van der Waals surface area contributed by atoms with E-state index in [1.54, 1.807) is 0 Å². The lowest BCUT2D eigenvalue weighted by Gasteiger charge is -2.21. The molecule has 1 aliphatic rings. The molecule has 0 saturated carbocycles. The summed E-state index contributed by atoms with van der Waals surface area (Å²) in [7, 11) is 0. The Morgan fingerprint density at radius 2 is 2.10 bits per heavy atom. The molecule has 5 heteroatoms. The highest BCUT2D eigenvalue weighted by atomic mass is 32.1. The van der Waals surface area contributed by atoms with Gasteiger partial charge in [-0.2, -0.15) is 0 Å². The summed E-state index contributed by atoms with van der Waals surface area (Å²) in [5.74, 6) is -0.720. The van der Waals surface area contributed by atoms with Gasteiger partial charge in [-0.3, -0.25) is 0 Å². The van der Waals surface area contributed by atoms with Crippen molar-refractivity contribution >= 4 is 11.3 Å². The number of aromatic nitrogens is 1. The minimum absolute atomic E-state index is 0.0131. The van der Waals surface area contributed by atoms with Crippen LogP contribution in [0, 0.1) is 11.6 Å². The first-order chi connectivity index (χ1) is 10.2. The third-order valence-corrected chi connectivity index (χ3v) is 5.04. The fraction of sp³-hybridized carbons (Fsp3) is 0.438. The van der Waals surface area contributed by atoms with Crippen molar-refractivity contribution in [3.05, 3.63) is 40.4 Å². The molecule has 1 aromatic heterocycles. The van der Waals surface area contributed by atoms with Crippen LogP contribution < -0.4 is 5.32 Å². The number of nitrogens with one attached hydrogen (secondary N) is 1. The Morgan fingerprint density at radius 1 is 1.33 bits per heavy atom. The first-order valence-corrected chi connectivity index (χ1v) is 8.17. The molecule has 0 aliphatic heterocycles. The van der Waals surface area contributed by atoms with Crippen LogP contribution in [0.15, 0.2) is 18.2 Å². The molecule has 1 aliphatic carbocycles. The maximum absolute atomic E-state index is 13.9. The summed E-state index contributed by atoms with van der Waals surface area (Å²) in [5, 5.41) is 3.82. The molecule has 3 rings (SSSR count). The zero-order chi connectivity index (χ0) is 14.8. The van der Waals surface area contributed by atoms with Crippen LogP contribution >= 0.6 is 11.3 Å². The second-order valence-electron chi connectivity index (χ2n) is 5.32. The van der Waals surface area contributed by atoms with Crippen molar-refractivity contribution < 1.29 is 8.78 Å². The molecule has 2 aromatic rings. The van der Waals surface area contributed by atoms with E-state index >= 15 is 0 Å². The molecule has 0 fully saturated rings. The van der Waals surface area contributed by atoms with Crippen molar-refractivity contribution in [1.82, 2.24) is 10.3 Å². The van der Waals surface area contributed by atoms with Crippen LogP contribution in [0.3, 0.4) is 0 Å². The molecule has 0 amide bonds. The van der Waals surface area contributed by atoms with Gasteiger partial charge in [-0.15, -0.1) is 11.3 Å². The number of aryl methyl sites for hydroxylation is 1. The molecule has 1 unspecified atom stereocenters. The standard InChI is InChI=1S/C16H18F2N2S/c1-2-19-9-10-5-3-8-13-15(10)20-16(21-13)14-11(17)6-4-7-12(14)18/h4,6-7,10,19H,2-3,5,8-9H2,1H3. The lowest BCUT2D eigenvalue weighted by molar-refractivity contribution is 0.509. The quantitative estimate of drug-likeness (QED) is 0.919. The van der Waals surface area contributed by atoms with Crippen LogP contribution in [0.25, 0.3) is 10.6 Å². The molecule has 21 heavy (non-hydrogen) atoms. The van der Waals surface area contributed by atoms with Crippen molar-refractivity contribution in [3.63, 3.8) is 0 Å². The SMILES string of the molecule is CCNCC1CCCc2sc(-c3c(F)cccc3F)nc21. The van der Waals surface area contributed by atoms with Crippen LogP contribution in [-0.2, 0) is 6.42 Å². The van der Waals surface area contributed by atoms with Crippen LogP contribution in [0.5, 0.6) is 0 Å². The van der Waals surface area contributed by atoms with E-state index in [4.69, 9.17) is 0 Å². The molecular formula is C16H18F2N2S. The number of halogens is 2. The van der Waals surface area contributed by atoms with E-state index in [9.17, 15) is 8.78 Å². The number of likely N-dealkylation sites (N-methyl/N-ethyl adjacent to an activating group) is 1. The predicted molar refractivity (Wildman–Crippen MR) is 81.7 cm³/mol. The number of benzene rings is 1. The summed E-state index contributed by atoms with van der Waals surface area (Å²) >= 11 is 1.44. The molecular weight excluding hydrogens is 290 g/mol. The van der Waals surface area contributed by atoms with Crippen LogP contribution in [-0.4, -0.2) is 18.1 Å². The molecule has 0 spiro atoms. The van der Waals surface area contributed by atoms with Gasteiger partial charge in [-0.25, -0.2) is 13.8 Å². The van der Waals surface area contributed by atoms with E-state index in [2.05, 4.69) is 17.2 Å². The smallest absolute Gasteiger partial charge is 0.136 e. The molecule has 1 atom stereocenters. The number of fused-ring (bicyclic) bond motifs is 1. The molecule has 1 aromatic carbocycles. The normalized spacial score (nSPS) is 17.8. The molecule has 0 saturated heterocycles. The van der Waals surface area contributed by atoms with E-state index in [0.717, 1.165) is 38.0 Å². The third kappa shape index (κ3) is 2.85. The second kappa shape index (κ2) is 6.20. The van der Waals surface area contributed by atoms with E-state index < -0.39 is 11.6 Å². The van der Waals surface area contributed by atoms with Gasteiger partial charge in [0.1, 0.15) is 16.6 Å². The van der Waals surface area contributed by atoms with Crippen LogP contribution in [0.1, 0.15) is 36.3 Å². The summed E-state index contributed by atoms with van der Waals surface area (Å²) in [5.41, 5.74) is 1.05. The lowest BCUT2D eigenvalue weighted by atomic mass is 9.91. The fourth-order valence-electron chi connectivity index (χ4n) is 2.83. The van der Waals surface area contributed by atoms with Gasteiger partial charge in [0.2, 0.25) is 0 Å². The topological polar surface area (TPSA) is 24.9 Å². The number of thiazole rings is 1. The summed E-state index contributed by atoms with van der Waals surface area (Å²) in [4.78, 5) is 5.76. The van der Waals surface area contributed by atoms with E-state index in [0.29, 0.717) is 10.9 Å². The van der Waals surface area contributed by atoms with Gasteiger partial charge in [0, 0.05) is 17.3 Å². The Bertz CT molecular complexity index is 619. The summed E-state index contributed by atoms with van der Waals surface area (Å²) < 4.78 is 27.8. The monoisotopic (exact) mass is 308 g/mol. The maximum Gasteiger partial charge on any atom is 0.136 e. The molecule has 0 radical (unpaired) electrons. The number of hydrogen-bond donors (Lipinski definition) is 1. The van der Waals surface area contributed by atoms with Crippen molar-refractivity contribution in [1.29, 1.82) is 0 Å². The minimum atomic E-state index is -0.538.